The fraction of sp³-hybridized carbons (Fsp3) is 0.250. The van der Waals surface area contributed by atoms with Crippen molar-refractivity contribution in [3.8, 4) is 6.07 Å². The Kier molecular flexibility index (Phi) is 9.06. The van der Waals surface area contributed by atoms with Gasteiger partial charge in [-0.3, -0.25) is 5.43 Å². The predicted octanol–water partition coefficient (Wildman–Crippen LogP) is 4.00. The molecule has 1 aromatic carbocycles. The van der Waals surface area contributed by atoms with Crippen LogP contribution in [-0.4, -0.2) is 29.7 Å². The van der Waals surface area contributed by atoms with E-state index in [9.17, 15) is 4.79 Å². The Labute approximate surface area is 160 Å². The number of rotatable bonds is 5. The lowest BCUT2D eigenvalue weighted by Gasteiger charge is -2.05. The van der Waals surface area contributed by atoms with Crippen LogP contribution in [-0.2, 0) is 9.53 Å². The molecule has 1 aromatic rings. The molecule has 0 saturated heterocycles. The van der Waals surface area contributed by atoms with E-state index < -0.39 is 5.97 Å². The van der Waals surface area contributed by atoms with Gasteiger partial charge in [-0.05, 0) is 37.8 Å². The molecule has 0 aromatic heterocycles. The first-order valence-corrected chi connectivity index (χ1v) is 9.05. The first-order valence-electron chi connectivity index (χ1n) is 7.07. The Hall–Kier alpha value is -2.01. The van der Waals surface area contributed by atoms with Crippen molar-refractivity contribution in [3.05, 3.63) is 45.6 Å². The number of nitriles is 1. The van der Waals surface area contributed by atoms with Crippen molar-refractivity contribution < 1.29 is 9.53 Å². The summed E-state index contributed by atoms with van der Waals surface area (Å²) in [5.74, 6) is -0.718. The Morgan fingerprint density at radius 1 is 1.44 bits per heavy atom. The number of carbonyl (C=O) groups is 1. The molecule has 0 aliphatic rings. The number of amidine groups is 1. The van der Waals surface area contributed by atoms with Crippen molar-refractivity contribution in [2.24, 2.45) is 10.1 Å². The molecule has 0 aliphatic heterocycles. The van der Waals surface area contributed by atoms with Gasteiger partial charge in [0, 0.05) is 0 Å². The number of aliphatic imine (C=N–C) groups is 1. The van der Waals surface area contributed by atoms with Gasteiger partial charge in [0.2, 0.25) is 0 Å². The Bertz CT molecular complexity index is 770. The largest absolute Gasteiger partial charge is 0.462 e. The van der Waals surface area contributed by atoms with E-state index in [1.54, 1.807) is 44.4 Å². The molecule has 0 radical (unpaired) electrons. The minimum absolute atomic E-state index is 0.183. The van der Waals surface area contributed by atoms with Crippen LogP contribution in [0.4, 0.5) is 0 Å². The van der Waals surface area contributed by atoms with E-state index in [-0.39, 0.29) is 12.2 Å². The number of hydrogen-bond acceptors (Lipinski definition) is 6. The maximum atomic E-state index is 11.5. The van der Waals surface area contributed by atoms with Crippen LogP contribution < -0.4 is 5.43 Å². The SMILES string of the molecule is CCOC(=O)/C(C#N)=C/N=C(NN=C(C)c1ccc(Cl)c(Cl)c1)SC. The molecule has 0 amide bonds. The average molecular weight is 399 g/mol. The number of esters is 1. The minimum Gasteiger partial charge on any atom is -0.462 e. The third-order valence-electron chi connectivity index (χ3n) is 2.78. The maximum Gasteiger partial charge on any atom is 0.350 e. The number of carbonyl (C=O) groups excluding carboxylic acids is 1. The van der Waals surface area contributed by atoms with Crippen molar-refractivity contribution in [1.82, 2.24) is 5.43 Å². The normalized spacial score (nSPS) is 12.6. The number of nitrogens with zero attached hydrogens (tertiary/aromatic N) is 3. The topological polar surface area (TPSA) is 86.8 Å². The second-order valence-electron chi connectivity index (χ2n) is 4.45. The maximum absolute atomic E-state index is 11.5. The van der Waals surface area contributed by atoms with E-state index in [1.807, 2.05) is 0 Å². The van der Waals surface area contributed by atoms with Gasteiger partial charge in [0.25, 0.3) is 0 Å². The summed E-state index contributed by atoms with van der Waals surface area (Å²) in [6.45, 7) is 3.63. The van der Waals surface area contributed by atoms with Crippen LogP contribution in [0.15, 0.2) is 40.1 Å². The summed E-state index contributed by atoms with van der Waals surface area (Å²) >= 11 is 13.1. The molecule has 6 nitrogen and oxygen atoms in total. The third-order valence-corrected chi connectivity index (χ3v) is 4.10. The molecule has 0 bridgehead atoms. The zero-order valence-electron chi connectivity index (χ0n) is 13.8. The van der Waals surface area contributed by atoms with Crippen molar-refractivity contribution in [1.29, 1.82) is 5.26 Å². The summed E-state index contributed by atoms with van der Waals surface area (Å²) in [6.07, 6.45) is 2.92. The van der Waals surface area contributed by atoms with Crippen LogP contribution >= 0.6 is 35.0 Å². The standard InChI is InChI=1S/C16H16Cl2N4O2S/c1-4-24-15(23)12(8-19)9-20-16(25-3)22-21-10(2)11-5-6-13(17)14(18)7-11/h5-7,9H,4H2,1-3H3,(H,20,22)/b12-9+,21-10?. The summed E-state index contributed by atoms with van der Waals surface area (Å²) in [4.78, 5) is 15.6. The summed E-state index contributed by atoms with van der Waals surface area (Å²) in [7, 11) is 0. The van der Waals surface area contributed by atoms with Gasteiger partial charge in [0.05, 0.1) is 28.6 Å². The fourth-order valence-corrected chi connectivity index (χ4v) is 2.10. The molecule has 0 heterocycles. The molecule has 0 aliphatic carbocycles. The number of thioether (sulfide) groups is 1. The zero-order valence-corrected chi connectivity index (χ0v) is 16.2. The second-order valence-corrected chi connectivity index (χ2v) is 6.06. The highest BCUT2D eigenvalue weighted by Crippen LogP contribution is 2.22. The Balaban J connectivity index is 2.92. The number of nitrogens with one attached hydrogen (secondary N) is 1. The van der Waals surface area contributed by atoms with Crippen LogP contribution in [0.3, 0.4) is 0 Å². The quantitative estimate of drug-likeness (QED) is 0.202. The number of ether oxygens (including phenoxy) is 1. The molecule has 1 rings (SSSR count). The first kappa shape index (κ1) is 21.0. The van der Waals surface area contributed by atoms with E-state index in [0.29, 0.717) is 20.9 Å². The first-order chi connectivity index (χ1) is 11.9. The average Bonchev–Trinajstić information content (AvgIpc) is 2.60. The highest BCUT2D eigenvalue weighted by atomic mass is 35.5. The molecule has 0 fully saturated rings. The molecular weight excluding hydrogens is 383 g/mol. The van der Waals surface area contributed by atoms with Gasteiger partial charge >= 0.3 is 5.97 Å². The lowest BCUT2D eigenvalue weighted by atomic mass is 10.1. The Morgan fingerprint density at radius 3 is 2.72 bits per heavy atom. The van der Waals surface area contributed by atoms with Gasteiger partial charge in [-0.15, -0.1) is 0 Å². The van der Waals surface area contributed by atoms with Crippen LogP contribution in [0.5, 0.6) is 0 Å². The van der Waals surface area contributed by atoms with Crippen molar-refractivity contribution in [2.75, 3.05) is 12.9 Å². The fourth-order valence-electron chi connectivity index (χ4n) is 1.50. The van der Waals surface area contributed by atoms with E-state index in [2.05, 4.69) is 15.5 Å². The van der Waals surface area contributed by atoms with Gasteiger partial charge in [0.15, 0.2) is 10.7 Å². The minimum atomic E-state index is -0.718. The lowest BCUT2D eigenvalue weighted by Crippen LogP contribution is -2.16. The van der Waals surface area contributed by atoms with Gasteiger partial charge in [0.1, 0.15) is 6.07 Å². The number of halogens is 2. The number of benzene rings is 1. The molecule has 9 heteroatoms. The molecule has 132 valence electrons. The van der Waals surface area contributed by atoms with Gasteiger partial charge < -0.3 is 4.74 Å². The number of hydrazone groups is 1. The summed E-state index contributed by atoms with van der Waals surface area (Å²) < 4.78 is 4.76. The summed E-state index contributed by atoms with van der Waals surface area (Å²) in [5, 5.41) is 14.5. The monoisotopic (exact) mass is 398 g/mol. The lowest BCUT2D eigenvalue weighted by molar-refractivity contribution is -0.138. The van der Waals surface area contributed by atoms with Gasteiger partial charge in [-0.2, -0.15) is 10.4 Å². The zero-order chi connectivity index (χ0) is 18.8. The molecule has 25 heavy (non-hydrogen) atoms. The number of hydrogen-bond donors (Lipinski definition) is 1. The van der Waals surface area contributed by atoms with Crippen LogP contribution in [0.25, 0.3) is 0 Å². The Morgan fingerprint density at radius 2 is 2.16 bits per heavy atom. The smallest absolute Gasteiger partial charge is 0.350 e. The molecule has 0 spiro atoms. The third kappa shape index (κ3) is 6.78. The predicted molar refractivity (Wildman–Crippen MR) is 103 cm³/mol. The summed E-state index contributed by atoms with van der Waals surface area (Å²) in [6, 6.07) is 6.93. The van der Waals surface area contributed by atoms with Crippen molar-refractivity contribution in [2.45, 2.75) is 13.8 Å². The molecule has 0 saturated carbocycles. The van der Waals surface area contributed by atoms with Gasteiger partial charge in [-0.1, -0.05) is 41.0 Å². The summed E-state index contributed by atoms with van der Waals surface area (Å²) in [5.41, 5.74) is 4.03. The van der Waals surface area contributed by atoms with E-state index in [4.69, 9.17) is 33.2 Å². The highest BCUT2D eigenvalue weighted by Gasteiger charge is 2.09. The second kappa shape index (κ2) is 10.8. The van der Waals surface area contributed by atoms with E-state index in [0.717, 1.165) is 11.8 Å². The molecule has 1 N–H and O–H groups in total. The van der Waals surface area contributed by atoms with Crippen molar-refractivity contribution in [3.63, 3.8) is 0 Å². The van der Waals surface area contributed by atoms with Crippen LogP contribution in [0, 0.1) is 11.3 Å². The van der Waals surface area contributed by atoms with E-state index >= 15 is 0 Å². The van der Waals surface area contributed by atoms with Crippen LogP contribution in [0.2, 0.25) is 10.0 Å². The molecule has 0 atom stereocenters. The highest BCUT2D eigenvalue weighted by molar-refractivity contribution is 8.13. The van der Waals surface area contributed by atoms with Crippen molar-refractivity contribution >= 4 is 51.8 Å². The van der Waals surface area contributed by atoms with E-state index in [1.165, 1.54) is 11.8 Å². The van der Waals surface area contributed by atoms with Crippen LogP contribution in [0.1, 0.15) is 19.4 Å². The van der Waals surface area contributed by atoms with Gasteiger partial charge in [-0.25, -0.2) is 9.79 Å². The molecule has 0 unspecified atom stereocenters. The molecular formula is C16H16Cl2N4O2S.